The normalized spacial score (nSPS) is 19.6. The van der Waals surface area contributed by atoms with Crippen molar-refractivity contribution in [3.63, 3.8) is 0 Å². The average molecular weight is 565 g/mol. The number of amides is 1. The smallest absolute Gasteiger partial charge is 0.337 e. The topological polar surface area (TPSA) is 97.8 Å². The SMILES string of the molecule is Cc1nc2c(c(-c3cc(F)c4c(c3C)CCCO4)c1[C@H](OC(C)(C)C)C(=O)O)C=C(C(=O)NC1CCCCC1)C2C. The molecule has 1 saturated carbocycles. The Bertz CT molecular complexity index is 1420. The van der Waals surface area contributed by atoms with Crippen molar-refractivity contribution in [2.45, 2.75) is 110 Å². The zero-order valence-electron chi connectivity index (χ0n) is 24.9. The number of carbonyl (C=O) groups excluding carboxylic acids is 1. The minimum absolute atomic E-state index is 0.130. The Hall–Kier alpha value is -3.26. The number of carboxylic acids is 1. The first-order valence-electron chi connectivity index (χ1n) is 14.8. The second kappa shape index (κ2) is 11.2. The molecule has 0 bridgehead atoms. The molecule has 1 aromatic carbocycles. The van der Waals surface area contributed by atoms with Gasteiger partial charge in [0.2, 0.25) is 5.91 Å². The number of carboxylic acid groups (broad SMARTS) is 1. The first-order chi connectivity index (χ1) is 19.4. The summed E-state index contributed by atoms with van der Waals surface area (Å²) in [4.78, 5) is 31.2. The van der Waals surface area contributed by atoms with E-state index >= 15 is 4.39 Å². The molecule has 2 N–H and O–H groups in total. The van der Waals surface area contributed by atoms with E-state index in [4.69, 9.17) is 14.5 Å². The van der Waals surface area contributed by atoms with Crippen molar-refractivity contribution in [3.8, 4) is 16.9 Å². The minimum atomic E-state index is -1.35. The Morgan fingerprint density at radius 2 is 1.88 bits per heavy atom. The van der Waals surface area contributed by atoms with Gasteiger partial charge in [-0.25, -0.2) is 9.18 Å². The predicted molar refractivity (Wildman–Crippen MR) is 156 cm³/mol. The summed E-state index contributed by atoms with van der Waals surface area (Å²) < 4.78 is 27.4. The second-order valence-electron chi connectivity index (χ2n) is 12.7. The number of nitrogens with zero attached hydrogens (tertiary/aromatic N) is 1. The number of halogens is 1. The number of rotatable bonds is 6. The molecule has 8 heteroatoms. The first-order valence-corrected chi connectivity index (χ1v) is 14.8. The van der Waals surface area contributed by atoms with Gasteiger partial charge in [0.05, 0.1) is 17.9 Å². The van der Waals surface area contributed by atoms with Gasteiger partial charge in [0.15, 0.2) is 17.7 Å². The molecule has 5 rings (SSSR count). The fourth-order valence-corrected chi connectivity index (χ4v) is 6.55. The van der Waals surface area contributed by atoms with Gasteiger partial charge in [-0.2, -0.15) is 0 Å². The predicted octanol–water partition coefficient (Wildman–Crippen LogP) is 6.72. The van der Waals surface area contributed by atoms with E-state index in [9.17, 15) is 14.7 Å². The largest absolute Gasteiger partial charge is 0.490 e. The van der Waals surface area contributed by atoms with Crippen molar-refractivity contribution in [2.24, 2.45) is 0 Å². The van der Waals surface area contributed by atoms with Gasteiger partial charge in [-0.3, -0.25) is 9.78 Å². The van der Waals surface area contributed by atoms with Crippen molar-refractivity contribution < 1.29 is 28.6 Å². The van der Waals surface area contributed by atoms with Crippen LogP contribution in [0.15, 0.2) is 11.6 Å². The number of ether oxygens (including phenoxy) is 2. The Balaban J connectivity index is 1.73. The van der Waals surface area contributed by atoms with Crippen molar-refractivity contribution in [3.05, 3.63) is 51.1 Å². The monoisotopic (exact) mass is 564 g/mol. The van der Waals surface area contributed by atoms with Crippen LogP contribution in [0, 0.1) is 19.7 Å². The molecule has 1 amide bonds. The third-order valence-electron chi connectivity index (χ3n) is 8.54. The number of aromatic nitrogens is 1. The standard InChI is InChI=1S/C33H41FN2O5/c1-17-21-13-10-14-40-29(21)25(34)16-22(17)27-24-15-23(31(37)36-20-11-8-7-9-12-20)18(2)28(24)35-19(3)26(27)30(32(38)39)41-33(4,5)6/h15-16,18,20,30H,7-14H2,1-6H3,(H,36,37)(H,38,39)/t18?,30-/m0/s1. The third kappa shape index (κ3) is 5.63. The highest BCUT2D eigenvalue weighted by Gasteiger charge is 2.38. The molecule has 220 valence electrons. The van der Waals surface area contributed by atoms with Gasteiger partial charge in [0.25, 0.3) is 0 Å². The van der Waals surface area contributed by atoms with Crippen LogP contribution in [0.4, 0.5) is 4.39 Å². The van der Waals surface area contributed by atoms with E-state index in [1.54, 1.807) is 27.7 Å². The molecule has 2 atom stereocenters. The van der Waals surface area contributed by atoms with Crippen molar-refractivity contribution in [2.75, 3.05) is 6.61 Å². The molecule has 2 aliphatic carbocycles. The molecule has 41 heavy (non-hydrogen) atoms. The molecular formula is C33H41FN2O5. The van der Waals surface area contributed by atoms with Gasteiger partial charge in [0, 0.05) is 39.9 Å². The lowest BCUT2D eigenvalue weighted by Gasteiger charge is -2.30. The highest BCUT2D eigenvalue weighted by Crippen LogP contribution is 2.48. The van der Waals surface area contributed by atoms with Crippen LogP contribution in [0.5, 0.6) is 5.75 Å². The molecule has 2 heterocycles. The number of fused-ring (bicyclic) bond motifs is 2. The highest BCUT2D eigenvalue weighted by molar-refractivity contribution is 6.04. The third-order valence-corrected chi connectivity index (χ3v) is 8.54. The lowest BCUT2D eigenvalue weighted by Crippen LogP contribution is -2.37. The van der Waals surface area contributed by atoms with Gasteiger partial charge >= 0.3 is 5.97 Å². The van der Waals surface area contributed by atoms with Gasteiger partial charge in [-0.1, -0.05) is 26.2 Å². The van der Waals surface area contributed by atoms with Gasteiger partial charge in [0.1, 0.15) is 0 Å². The number of hydrogen-bond donors (Lipinski definition) is 2. The summed E-state index contributed by atoms with van der Waals surface area (Å²) in [6, 6.07) is 1.58. The van der Waals surface area contributed by atoms with Crippen molar-refractivity contribution in [1.82, 2.24) is 10.3 Å². The van der Waals surface area contributed by atoms with Gasteiger partial charge in [-0.05, 0) is 89.1 Å². The van der Waals surface area contributed by atoms with Crippen LogP contribution in [0.1, 0.15) is 112 Å². The summed E-state index contributed by atoms with van der Waals surface area (Å²) >= 11 is 0. The fraction of sp³-hybridized carbons (Fsp3) is 0.545. The van der Waals surface area contributed by atoms with E-state index in [2.05, 4.69) is 5.32 Å². The number of aryl methyl sites for hydroxylation is 1. The molecule has 0 radical (unpaired) electrons. The molecule has 1 aromatic heterocycles. The molecule has 0 saturated heterocycles. The zero-order valence-corrected chi connectivity index (χ0v) is 24.9. The number of nitrogens with one attached hydrogen (secondary N) is 1. The number of hydrogen-bond acceptors (Lipinski definition) is 5. The molecule has 1 fully saturated rings. The van der Waals surface area contributed by atoms with Crippen molar-refractivity contribution >= 4 is 18.0 Å². The summed E-state index contributed by atoms with van der Waals surface area (Å²) in [6.45, 7) is 11.5. The summed E-state index contributed by atoms with van der Waals surface area (Å²) in [5, 5.41) is 13.6. The summed E-state index contributed by atoms with van der Waals surface area (Å²) in [5.74, 6) is -1.81. The van der Waals surface area contributed by atoms with Crippen LogP contribution in [0.25, 0.3) is 17.2 Å². The zero-order chi connectivity index (χ0) is 29.6. The van der Waals surface area contributed by atoms with Crippen LogP contribution in [-0.2, 0) is 20.7 Å². The summed E-state index contributed by atoms with van der Waals surface area (Å²) in [5.41, 5.74) is 4.75. The Labute approximate surface area is 241 Å². The summed E-state index contributed by atoms with van der Waals surface area (Å²) in [6.07, 6.45) is 7.24. The van der Waals surface area contributed by atoms with Crippen molar-refractivity contribution in [1.29, 1.82) is 0 Å². The van der Waals surface area contributed by atoms with Crippen LogP contribution in [0.3, 0.4) is 0 Å². The maximum absolute atomic E-state index is 15.6. The molecule has 7 nitrogen and oxygen atoms in total. The van der Waals surface area contributed by atoms with E-state index in [-0.39, 0.29) is 23.6 Å². The van der Waals surface area contributed by atoms with E-state index in [1.165, 1.54) is 12.5 Å². The molecule has 1 unspecified atom stereocenters. The fourth-order valence-electron chi connectivity index (χ4n) is 6.55. The quantitative estimate of drug-likeness (QED) is 0.404. The molecule has 1 aliphatic heterocycles. The van der Waals surface area contributed by atoms with E-state index in [1.807, 2.05) is 19.9 Å². The molecular weight excluding hydrogens is 523 g/mol. The van der Waals surface area contributed by atoms with Crippen LogP contribution < -0.4 is 10.1 Å². The Kier molecular flexibility index (Phi) is 7.99. The minimum Gasteiger partial charge on any atom is -0.490 e. The van der Waals surface area contributed by atoms with Crippen LogP contribution >= 0.6 is 0 Å². The molecule has 0 spiro atoms. The highest BCUT2D eigenvalue weighted by atomic mass is 19.1. The number of aliphatic carboxylic acids is 1. The van der Waals surface area contributed by atoms with E-state index in [0.717, 1.165) is 43.2 Å². The van der Waals surface area contributed by atoms with E-state index < -0.39 is 23.5 Å². The lowest BCUT2D eigenvalue weighted by molar-refractivity contribution is -0.160. The first kappa shape index (κ1) is 29.2. The number of pyridine rings is 1. The Morgan fingerprint density at radius 1 is 1.17 bits per heavy atom. The molecule has 3 aliphatic rings. The van der Waals surface area contributed by atoms with Gasteiger partial charge < -0.3 is 19.9 Å². The summed E-state index contributed by atoms with van der Waals surface area (Å²) in [7, 11) is 0. The maximum atomic E-state index is 15.6. The second-order valence-corrected chi connectivity index (χ2v) is 12.7. The van der Waals surface area contributed by atoms with Gasteiger partial charge in [-0.15, -0.1) is 0 Å². The lowest BCUT2D eigenvalue weighted by atomic mass is 9.85. The number of benzene rings is 1. The van der Waals surface area contributed by atoms with E-state index in [0.29, 0.717) is 52.2 Å². The maximum Gasteiger partial charge on any atom is 0.337 e. The Morgan fingerprint density at radius 3 is 2.54 bits per heavy atom. The average Bonchev–Trinajstić information content (AvgIpc) is 3.24. The van der Waals surface area contributed by atoms with Crippen LogP contribution in [0.2, 0.25) is 0 Å². The molecule has 2 aromatic rings. The number of carbonyl (C=O) groups is 2. The van der Waals surface area contributed by atoms with Crippen LogP contribution in [-0.4, -0.2) is 40.2 Å².